The number of hydrogen-bond donors (Lipinski definition) is 2. The minimum Gasteiger partial charge on any atom is -0.368 e. The first kappa shape index (κ1) is 22.2. The number of ether oxygens (including phenoxy) is 1. The summed E-state index contributed by atoms with van der Waals surface area (Å²) in [6.45, 7) is 7.59. The fourth-order valence-electron chi connectivity index (χ4n) is 3.37. The molecule has 2 heterocycles. The number of carbonyl (C=O) groups excluding carboxylic acids is 2. The molecule has 2 saturated heterocycles. The Hall–Kier alpha value is -1.10. The van der Waals surface area contributed by atoms with Gasteiger partial charge in [0, 0.05) is 51.8 Å². The van der Waals surface area contributed by atoms with E-state index in [0.29, 0.717) is 32.8 Å². The first-order chi connectivity index (χ1) is 12.7. The number of hydrogen-bond acceptors (Lipinski definition) is 4. The maximum atomic E-state index is 12.4. The van der Waals surface area contributed by atoms with Crippen molar-refractivity contribution in [3.63, 3.8) is 0 Å². The molecule has 3 fully saturated rings. The molecule has 0 bridgehead atoms. The SMILES string of the molecule is CCNC(=NCCNC(=O)C1CC1)N1CCN(C(=O)C2CCCO2)CC1.I. The molecule has 0 aromatic carbocycles. The molecule has 154 valence electrons. The Morgan fingerprint density at radius 3 is 2.37 bits per heavy atom. The molecular formula is C18H32IN5O3. The highest BCUT2D eigenvalue weighted by molar-refractivity contribution is 14.0. The summed E-state index contributed by atoms with van der Waals surface area (Å²) in [5, 5.41) is 6.25. The summed E-state index contributed by atoms with van der Waals surface area (Å²) in [6, 6.07) is 0. The van der Waals surface area contributed by atoms with Crippen molar-refractivity contribution in [2.75, 3.05) is 52.4 Å². The van der Waals surface area contributed by atoms with E-state index in [4.69, 9.17) is 4.74 Å². The van der Waals surface area contributed by atoms with E-state index < -0.39 is 0 Å². The molecule has 0 radical (unpaired) electrons. The Morgan fingerprint density at radius 2 is 1.78 bits per heavy atom. The predicted molar refractivity (Wildman–Crippen MR) is 114 cm³/mol. The smallest absolute Gasteiger partial charge is 0.251 e. The first-order valence-electron chi connectivity index (χ1n) is 9.90. The van der Waals surface area contributed by atoms with Crippen molar-refractivity contribution >= 4 is 41.8 Å². The van der Waals surface area contributed by atoms with Crippen LogP contribution in [0.5, 0.6) is 0 Å². The lowest BCUT2D eigenvalue weighted by Gasteiger charge is -2.37. The number of nitrogens with one attached hydrogen (secondary N) is 2. The molecule has 0 spiro atoms. The Kier molecular flexibility index (Phi) is 9.07. The summed E-state index contributed by atoms with van der Waals surface area (Å²) in [4.78, 5) is 32.8. The molecule has 9 heteroatoms. The van der Waals surface area contributed by atoms with E-state index in [0.717, 1.165) is 51.3 Å². The van der Waals surface area contributed by atoms with Gasteiger partial charge >= 0.3 is 0 Å². The van der Waals surface area contributed by atoms with Gasteiger partial charge in [0.15, 0.2) is 5.96 Å². The van der Waals surface area contributed by atoms with E-state index in [-0.39, 0.29) is 47.8 Å². The number of nitrogens with zero attached hydrogens (tertiary/aromatic N) is 3. The Morgan fingerprint density at radius 1 is 1.07 bits per heavy atom. The van der Waals surface area contributed by atoms with Gasteiger partial charge in [-0.25, -0.2) is 0 Å². The molecule has 2 amide bonds. The molecule has 8 nitrogen and oxygen atoms in total. The van der Waals surface area contributed by atoms with Crippen LogP contribution in [-0.4, -0.2) is 86.1 Å². The first-order valence-corrected chi connectivity index (χ1v) is 9.90. The predicted octanol–water partition coefficient (Wildman–Crippen LogP) is 0.419. The average Bonchev–Trinajstić information content (AvgIpc) is 3.38. The van der Waals surface area contributed by atoms with Gasteiger partial charge in [-0.1, -0.05) is 0 Å². The van der Waals surface area contributed by atoms with Gasteiger partial charge in [-0.05, 0) is 32.6 Å². The van der Waals surface area contributed by atoms with Crippen molar-refractivity contribution in [3.05, 3.63) is 0 Å². The minimum absolute atomic E-state index is 0. The molecule has 2 aliphatic heterocycles. The Bertz CT molecular complexity index is 527. The van der Waals surface area contributed by atoms with E-state index in [9.17, 15) is 9.59 Å². The second-order valence-corrected chi connectivity index (χ2v) is 7.11. The van der Waals surface area contributed by atoms with Crippen LogP contribution in [0, 0.1) is 5.92 Å². The van der Waals surface area contributed by atoms with Gasteiger partial charge in [0.1, 0.15) is 6.10 Å². The van der Waals surface area contributed by atoms with Crippen molar-refractivity contribution in [2.45, 2.75) is 38.7 Å². The largest absolute Gasteiger partial charge is 0.368 e. The van der Waals surface area contributed by atoms with Crippen molar-refractivity contribution in [1.29, 1.82) is 0 Å². The molecule has 3 aliphatic rings. The Labute approximate surface area is 178 Å². The molecule has 1 aliphatic carbocycles. The highest BCUT2D eigenvalue weighted by Crippen LogP contribution is 2.28. The van der Waals surface area contributed by atoms with Crippen molar-refractivity contribution in [3.8, 4) is 0 Å². The summed E-state index contributed by atoms with van der Waals surface area (Å²) >= 11 is 0. The zero-order valence-electron chi connectivity index (χ0n) is 16.1. The second kappa shape index (κ2) is 11.0. The van der Waals surface area contributed by atoms with Crippen LogP contribution < -0.4 is 10.6 Å². The monoisotopic (exact) mass is 493 g/mol. The maximum absolute atomic E-state index is 12.4. The number of carbonyl (C=O) groups is 2. The standard InChI is InChI=1S/C18H31N5O3.HI/c1-2-19-18(21-8-7-20-16(24)14-5-6-14)23-11-9-22(10-12-23)17(25)15-4-3-13-26-15;/h14-15H,2-13H2,1H3,(H,19,21)(H,20,24);1H. The molecule has 3 rings (SSSR count). The fraction of sp³-hybridized carbons (Fsp3) is 0.833. The lowest BCUT2D eigenvalue weighted by molar-refractivity contribution is -0.142. The third kappa shape index (κ3) is 6.48. The second-order valence-electron chi connectivity index (χ2n) is 7.11. The molecule has 27 heavy (non-hydrogen) atoms. The van der Waals surface area contributed by atoms with Gasteiger partial charge in [0.2, 0.25) is 5.91 Å². The van der Waals surface area contributed by atoms with Crippen molar-refractivity contribution in [1.82, 2.24) is 20.4 Å². The van der Waals surface area contributed by atoms with E-state index in [1.165, 1.54) is 0 Å². The van der Waals surface area contributed by atoms with Crippen LogP contribution in [0.3, 0.4) is 0 Å². The lowest BCUT2D eigenvalue weighted by atomic mass is 10.2. The van der Waals surface area contributed by atoms with E-state index in [1.807, 2.05) is 11.8 Å². The van der Waals surface area contributed by atoms with Gasteiger partial charge in [-0.3, -0.25) is 14.6 Å². The summed E-state index contributed by atoms with van der Waals surface area (Å²) < 4.78 is 5.51. The molecule has 2 N–H and O–H groups in total. The van der Waals surface area contributed by atoms with E-state index in [2.05, 4.69) is 20.5 Å². The maximum Gasteiger partial charge on any atom is 0.251 e. The van der Waals surface area contributed by atoms with Crippen molar-refractivity contribution in [2.24, 2.45) is 10.9 Å². The van der Waals surface area contributed by atoms with Crippen molar-refractivity contribution < 1.29 is 14.3 Å². The number of aliphatic imine (C=N–C) groups is 1. The van der Waals surface area contributed by atoms with Crippen LogP contribution in [0.15, 0.2) is 4.99 Å². The zero-order chi connectivity index (χ0) is 18.4. The quantitative estimate of drug-likeness (QED) is 0.243. The summed E-state index contributed by atoms with van der Waals surface area (Å²) in [5.74, 6) is 1.39. The highest BCUT2D eigenvalue weighted by atomic mass is 127. The number of piperazine rings is 1. The number of halogens is 1. The van der Waals surface area contributed by atoms with Gasteiger partial charge in [0.05, 0.1) is 6.54 Å². The van der Waals surface area contributed by atoms with E-state index >= 15 is 0 Å². The van der Waals surface area contributed by atoms with Crippen LogP contribution >= 0.6 is 24.0 Å². The van der Waals surface area contributed by atoms with Crippen LogP contribution in [0.25, 0.3) is 0 Å². The lowest BCUT2D eigenvalue weighted by Crippen LogP contribution is -2.55. The van der Waals surface area contributed by atoms with Crippen LogP contribution in [0.4, 0.5) is 0 Å². The minimum atomic E-state index is -0.237. The summed E-state index contributed by atoms with van der Waals surface area (Å²) in [7, 11) is 0. The van der Waals surface area contributed by atoms with Gasteiger partial charge in [0.25, 0.3) is 5.91 Å². The van der Waals surface area contributed by atoms with Gasteiger partial charge in [-0.2, -0.15) is 0 Å². The number of amides is 2. The topological polar surface area (TPSA) is 86.3 Å². The van der Waals surface area contributed by atoms with Crippen LogP contribution in [0.1, 0.15) is 32.6 Å². The zero-order valence-corrected chi connectivity index (χ0v) is 18.4. The van der Waals surface area contributed by atoms with Crippen LogP contribution in [-0.2, 0) is 14.3 Å². The summed E-state index contributed by atoms with van der Waals surface area (Å²) in [6.07, 6.45) is 3.62. The van der Waals surface area contributed by atoms with Gasteiger partial charge in [-0.15, -0.1) is 24.0 Å². The fourth-order valence-corrected chi connectivity index (χ4v) is 3.37. The average molecular weight is 493 g/mol. The molecular weight excluding hydrogens is 461 g/mol. The van der Waals surface area contributed by atoms with Crippen LogP contribution in [0.2, 0.25) is 0 Å². The molecule has 0 aromatic heterocycles. The Balaban J connectivity index is 0.00000261. The molecule has 0 aromatic rings. The van der Waals surface area contributed by atoms with E-state index in [1.54, 1.807) is 0 Å². The van der Waals surface area contributed by atoms with Gasteiger partial charge < -0.3 is 25.2 Å². The number of guanidine groups is 1. The third-order valence-electron chi connectivity index (χ3n) is 5.05. The molecule has 1 unspecified atom stereocenters. The normalized spacial score (nSPS) is 23.0. The highest BCUT2D eigenvalue weighted by Gasteiger charge is 2.31. The third-order valence-corrected chi connectivity index (χ3v) is 5.05. The number of rotatable bonds is 6. The molecule has 1 saturated carbocycles. The molecule has 1 atom stereocenters. The summed E-state index contributed by atoms with van der Waals surface area (Å²) in [5.41, 5.74) is 0.